The molecule has 3 aliphatic rings. The highest BCUT2D eigenvalue weighted by Gasteiger charge is 2.35. The van der Waals surface area contributed by atoms with E-state index in [1.165, 1.54) is 0 Å². The van der Waals surface area contributed by atoms with Gasteiger partial charge in [-0.1, -0.05) is 0 Å². The van der Waals surface area contributed by atoms with E-state index in [1.807, 2.05) is 6.92 Å². The summed E-state index contributed by atoms with van der Waals surface area (Å²) in [6.07, 6.45) is 3.07. The lowest BCUT2D eigenvalue weighted by Crippen LogP contribution is -2.50. The molecular formula is C18H31Cl2N5OS. The lowest BCUT2D eigenvalue weighted by molar-refractivity contribution is -0.135. The van der Waals surface area contributed by atoms with Crippen molar-refractivity contribution in [1.82, 2.24) is 20.1 Å². The number of rotatable bonds is 3. The number of piperidine rings is 1. The van der Waals surface area contributed by atoms with Crippen LogP contribution < -0.4 is 10.2 Å². The summed E-state index contributed by atoms with van der Waals surface area (Å²) in [5, 5.41) is 6.63. The molecule has 4 heterocycles. The maximum absolute atomic E-state index is 12.9. The largest absolute Gasteiger partial charge is 0.348 e. The maximum atomic E-state index is 12.9. The Kier molecular flexibility index (Phi) is 8.62. The third-order valence-corrected chi connectivity index (χ3v) is 6.88. The smallest absolute Gasteiger partial charge is 0.225 e. The molecular weight excluding hydrogens is 405 g/mol. The van der Waals surface area contributed by atoms with Crippen molar-refractivity contribution >= 4 is 47.2 Å². The van der Waals surface area contributed by atoms with Crippen molar-refractivity contribution in [3.8, 4) is 0 Å². The van der Waals surface area contributed by atoms with Crippen molar-refractivity contribution in [1.29, 1.82) is 0 Å². The van der Waals surface area contributed by atoms with Crippen LogP contribution in [0.25, 0.3) is 0 Å². The molecule has 0 saturated carbocycles. The van der Waals surface area contributed by atoms with Crippen LogP contribution in [0.5, 0.6) is 0 Å². The molecule has 0 radical (unpaired) electrons. The third kappa shape index (κ3) is 5.26. The first-order valence-electron chi connectivity index (χ1n) is 9.61. The van der Waals surface area contributed by atoms with Gasteiger partial charge in [0, 0.05) is 69.7 Å². The van der Waals surface area contributed by atoms with E-state index in [1.54, 1.807) is 11.3 Å². The van der Waals surface area contributed by atoms with Crippen molar-refractivity contribution in [2.45, 2.75) is 32.2 Å². The van der Waals surface area contributed by atoms with E-state index < -0.39 is 0 Å². The second kappa shape index (κ2) is 10.3. The lowest BCUT2D eigenvalue weighted by atomic mass is 9.95. The van der Waals surface area contributed by atoms with E-state index in [9.17, 15) is 4.79 Å². The predicted molar refractivity (Wildman–Crippen MR) is 116 cm³/mol. The minimum atomic E-state index is 0. The zero-order chi connectivity index (χ0) is 17.2. The van der Waals surface area contributed by atoms with E-state index in [0.29, 0.717) is 11.9 Å². The van der Waals surface area contributed by atoms with Crippen molar-refractivity contribution < 1.29 is 4.79 Å². The van der Waals surface area contributed by atoms with Crippen molar-refractivity contribution in [3.05, 3.63) is 11.1 Å². The van der Waals surface area contributed by atoms with Gasteiger partial charge < -0.3 is 15.1 Å². The fourth-order valence-corrected chi connectivity index (χ4v) is 5.21. The molecule has 1 aromatic rings. The Morgan fingerprint density at radius 3 is 2.44 bits per heavy atom. The first kappa shape index (κ1) is 22.7. The minimum absolute atomic E-state index is 0. The van der Waals surface area contributed by atoms with Gasteiger partial charge in [0.2, 0.25) is 5.91 Å². The molecule has 3 fully saturated rings. The monoisotopic (exact) mass is 435 g/mol. The second-order valence-corrected chi connectivity index (χ2v) is 8.38. The summed E-state index contributed by atoms with van der Waals surface area (Å²) in [7, 11) is 0. The molecule has 4 rings (SSSR count). The highest BCUT2D eigenvalue weighted by atomic mass is 35.5. The highest BCUT2D eigenvalue weighted by Crippen LogP contribution is 2.28. The summed E-state index contributed by atoms with van der Waals surface area (Å²) in [4.78, 5) is 24.6. The topological polar surface area (TPSA) is 51.7 Å². The summed E-state index contributed by atoms with van der Waals surface area (Å²) >= 11 is 1.72. The number of piperazine rings is 1. The molecule has 0 aromatic carbocycles. The minimum Gasteiger partial charge on any atom is -0.348 e. The Balaban J connectivity index is 0.00000131. The molecule has 6 nitrogen and oxygen atoms in total. The number of anilines is 1. The van der Waals surface area contributed by atoms with Crippen LogP contribution in [-0.2, 0) is 4.79 Å². The van der Waals surface area contributed by atoms with Gasteiger partial charge >= 0.3 is 0 Å². The molecule has 1 atom stereocenters. The van der Waals surface area contributed by atoms with Crippen molar-refractivity contribution in [2.24, 2.45) is 5.92 Å². The highest BCUT2D eigenvalue weighted by molar-refractivity contribution is 7.13. The van der Waals surface area contributed by atoms with E-state index in [4.69, 9.17) is 0 Å². The number of carbonyl (C=O) groups excluding carboxylic acids is 1. The number of amides is 1. The van der Waals surface area contributed by atoms with Gasteiger partial charge in [-0.15, -0.1) is 36.2 Å². The van der Waals surface area contributed by atoms with Crippen LogP contribution >= 0.6 is 36.2 Å². The molecule has 27 heavy (non-hydrogen) atoms. The number of hydrogen-bond acceptors (Lipinski definition) is 6. The number of carbonyl (C=O) groups is 1. The molecule has 9 heteroatoms. The standard InChI is InChI=1S/C18H29N5OS.2ClH/c1-14-13-25-18(20-14)22-7-2-15(3-8-22)17(24)23-9-4-16(12-23)21-10-5-19-6-11-21;;/h13,15-16,19H,2-12H2,1H3;2*1H. The van der Waals surface area contributed by atoms with Gasteiger partial charge in [0.05, 0.1) is 5.69 Å². The van der Waals surface area contributed by atoms with Crippen LogP contribution in [0.4, 0.5) is 5.13 Å². The van der Waals surface area contributed by atoms with Crippen LogP contribution in [0, 0.1) is 12.8 Å². The fraction of sp³-hybridized carbons (Fsp3) is 0.778. The summed E-state index contributed by atoms with van der Waals surface area (Å²) < 4.78 is 0. The van der Waals surface area contributed by atoms with E-state index in [2.05, 4.69) is 30.4 Å². The van der Waals surface area contributed by atoms with Crippen LogP contribution in [0.1, 0.15) is 25.0 Å². The molecule has 1 N–H and O–H groups in total. The number of thiazole rings is 1. The van der Waals surface area contributed by atoms with Gasteiger partial charge in [0.25, 0.3) is 0 Å². The van der Waals surface area contributed by atoms with Gasteiger partial charge in [-0.3, -0.25) is 9.69 Å². The molecule has 3 saturated heterocycles. The van der Waals surface area contributed by atoms with Crippen molar-refractivity contribution in [2.75, 3.05) is 57.3 Å². The predicted octanol–water partition coefficient (Wildman–Crippen LogP) is 2.02. The number of halogens is 2. The van der Waals surface area contributed by atoms with Crippen LogP contribution in [0.15, 0.2) is 5.38 Å². The summed E-state index contributed by atoms with van der Waals surface area (Å²) in [5.41, 5.74) is 1.09. The normalized spacial score (nSPS) is 24.4. The van der Waals surface area contributed by atoms with Gasteiger partial charge in [0.1, 0.15) is 0 Å². The molecule has 0 spiro atoms. The average Bonchev–Trinajstić information content (AvgIpc) is 3.31. The van der Waals surface area contributed by atoms with Crippen LogP contribution in [0.3, 0.4) is 0 Å². The summed E-state index contributed by atoms with van der Waals surface area (Å²) in [6.45, 7) is 10.2. The average molecular weight is 436 g/mol. The van der Waals surface area contributed by atoms with E-state index >= 15 is 0 Å². The molecule has 154 valence electrons. The lowest BCUT2D eigenvalue weighted by Gasteiger charge is -2.34. The first-order valence-corrected chi connectivity index (χ1v) is 10.5. The molecule has 3 aliphatic heterocycles. The quantitative estimate of drug-likeness (QED) is 0.786. The Hall–Kier alpha value is -0.600. The Morgan fingerprint density at radius 1 is 1.11 bits per heavy atom. The van der Waals surface area contributed by atoms with Crippen molar-refractivity contribution in [3.63, 3.8) is 0 Å². The number of aryl methyl sites for hydroxylation is 1. The first-order chi connectivity index (χ1) is 12.2. The Morgan fingerprint density at radius 2 is 1.81 bits per heavy atom. The van der Waals surface area contributed by atoms with Gasteiger partial charge in [0.15, 0.2) is 5.13 Å². The number of likely N-dealkylation sites (tertiary alicyclic amines) is 1. The second-order valence-electron chi connectivity index (χ2n) is 7.55. The fourth-order valence-electron chi connectivity index (χ4n) is 4.35. The number of hydrogen-bond donors (Lipinski definition) is 1. The third-order valence-electron chi connectivity index (χ3n) is 5.86. The van der Waals surface area contributed by atoms with E-state index in [-0.39, 0.29) is 30.7 Å². The SMILES string of the molecule is Cc1csc(N2CCC(C(=O)N3CCC(N4CCNCC4)C3)CC2)n1.Cl.Cl. The number of aromatic nitrogens is 1. The zero-order valence-corrected chi connectivity index (χ0v) is 18.4. The van der Waals surface area contributed by atoms with Crippen LogP contribution in [-0.4, -0.2) is 79.1 Å². The maximum Gasteiger partial charge on any atom is 0.225 e. The van der Waals surface area contributed by atoms with E-state index in [0.717, 1.165) is 82.4 Å². The zero-order valence-electron chi connectivity index (χ0n) is 15.9. The molecule has 1 unspecified atom stereocenters. The van der Waals surface area contributed by atoms with Gasteiger partial charge in [-0.05, 0) is 26.2 Å². The number of nitrogens with zero attached hydrogens (tertiary/aromatic N) is 4. The van der Waals surface area contributed by atoms with Crippen LogP contribution in [0.2, 0.25) is 0 Å². The number of nitrogens with one attached hydrogen (secondary N) is 1. The molecule has 1 amide bonds. The van der Waals surface area contributed by atoms with Gasteiger partial charge in [-0.25, -0.2) is 4.98 Å². The Labute approximate surface area is 178 Å². The summed E-state index contributed by atoms with van der Waals surface area (Å²) in [5.74, 6) is 0.603. The molecule has 1 aromatic heterocycles. The summed E-state index contributed by atoms with van der Waals surface area (Å²) in [6, 6.07) is 0.574. The molecule has 0 bridgehead atoms. The van der Waals surface area contributed by atoms with Gasteiger partial charge in [-0.2, -0.15) is 0 Å². The molecule has 0 aliphatic carbocycles. The Bertz CT molecular complexity index is 602.